The Hall–Kier alpha value is -2.67. The smallest absolute Gasteiger partial charge is 0.252 e. The molecule has 1 N–H and O–H groups in total. The van der Waals surface area contributed by atoms with Crippen LogP contribution in [0.3, 0.4) is 0 Å². The molecule has 1 aliphatic heterocycles. The maximum absolute atomic E-state index is 13.5. The summed E-state index contributed by atoms with van der Waals surface area (Å²) >= 11 is 0. The van der Waals surface area contributed by atoms with Crippen molar-refractivity contribution >= 4 is 11.7 Å². The fourth-order valence-corrected chi connectivity index (χ4v) is 3.12. The van der Waals surface area contributed by atoms with Gasteiger partial charge in [-0.2, -0.15) is 0 Å². The van der Waals surface area contributed by atoms with Gasteiger partial charge in [-0.1, -0.05) is 6.07 Å². The Bertz CT molecular complexity index is 860. The van der Waals surface area contributed by atoms with Crippen molar-refractivity contribution in [3.05, 3.63) is 53.2 Å². The second kappa shape index (κ2) is 7.52. The summed E-state index contributed by atoms with van der Waals surface area (Å²) in [7, 11) is 1.54. The lowest BCUT2D eigenvalue weighted by molar-refractivity contribution is -0.133. The summed E-state index contributed by atoms with van der Waals surface area (Å²) in [5, 5.41) is 9.94. The second-order valence-electron chi connectivity index (χ2n) is 7.00. The quantitative estimate of drug-likeness (QED) is 0.785. The predicted octanol–water partition coefficient (Wildman–Crippen LogP) is 2.43. The lowest BCUT2D eigenvalue weighted by Crippen LogP contribution is -2.29. The fraction of sp³-hybridized carbons (Fsp3) is 0.400. The number of carbonyl (C=O) groups excluding carboxylic acids is 2. The van der Waals surface area contributed by atoms with Crippen LogP contribution in [0.25, 0.3) is 0 Å². The summed E-state index contributed by atoms with van der Waals surface area (Å²) in [6.07, 6.45) is -1.14. The lowest BCUT2D eigenvalue weighted by Gasteiger charge is -2.14. The zero-order chi connectivity index (χ0) is 19.7. The van der Waals surface area contributed by atoms with Crippen LogP contribution in [0.4, 0.5) is 4.39 Å². The number of likely N-dealkylation sites (N-methyl/N-ethyl adjacent to an activating group) is 1. The number of ether oxygens (including phenoxy) is 1. The number of rotatable bonds is 6. The van der Waals surface area contributed by atoms with E-state index in [0.29, 0.717) is 17.9 Å². The van der Waals surface area contributed by atoms with E-state index in [9.17, 15) is 19.1 Å². The molecule has 0 radical (unpaired) electrons. The van der Waals surface area contributed by atoms with Crippen molar-refractivity contribution in [2.45, 2.75) is 32.5 Å². The van der Waals surface area contributed by atoms with Crippen LogP contribution in [0, 0.1) is 11.7 Å². The van der Waals surface area contributed by atoms with Gasteiger partial charge < -0.3 is 19.2 Å². The van der Waals surface area contributed by atoms with Crippen molar-refractivity contribution in [3.63, 3.8) is 0 Å². The van der Waals surface area contributed by atoms with Gasteiger partial charge in [0.25, 0.3) is 5.91 Å². The number of nitrogens with zero attached hydrogens (tertiary/aromatic N) is 1. The van der Waals surface area contributed by atoms with Gasteiger partial charge in [0, 0.05) is 31.6 Å². The standard InChI is InChI=1S/C20H22FNO5/c1-11(2)26-17-9-13(21)5-4-12(17)8-14-6-7-16(27-14)18(23)15-10-22(3)20(25)19(15)24/h4-7,9,11,15,19,24H,8,10H2,1-3H3. The molecule has 0 bridgehead atoms. The largest absolute Gasteiger partial charge is 0.491 e. The van der Waals surface area contributed by atoms with Gasteiger partial charge in [-0.15, -0.1) is 0 Å². The Labute approximate surface area is 156 Å². The first-order chi connectivity index (χ1) is 12.8. The SMILES string of the molecule is CC(C)Oc1cc(F)ccc1Cc1ccc(C(=O)C2CN(C)C(=O)C2O)o1. The zero-order valence-electron chi connectivity index (χ0n) is 15.4. The molecule has 2 heterocycles. The number of Topliss-reactive ketones (excluding diaryl/α,β-unsaturated/α-hetero) is 1. The maximum atomic E-state index is 13.5. The van der Waals surface area contributed by atoms with Gasteiger partial charge in [0.1, 0.15) is 23.4 Å². The molecule has 1 amide bonds. The highest BCUT2D eigenvalue weighted by molar-refractivity contribution is 6.01. The van der Waals surface area contributed by atoms with Gasteiger partial charge in [-0.3, -0.25) is 9.59 Å². The predicted molar refractivity (Wildman–Crippen MR) is 95.1 cm³/mol. The molecule has 0 saturated carbocycles. The minimum Gasteiger partial charge on any atom is -0.491 e. The van der Waals surface area contributed by atoms with E-state index in [2.05, 4.69) is 0 Å². The minimum atomic E-state index is -1.35. The van der Waals surface area contributed by atoms with E-state index in [0.717, 1.165) is 5.56 Å². The van der Waals surface area contributed by atoms with Crippen molar-refractivity contribution < 1.29 is 28.2 Å². The fourth-order valence-electron chi connectivity index (χ4n) is 3.12. The molecule has 2 atom stereocenters. The van der Waals surface area contributed by atoms with Crippen LogP contribution in [0.2, 0.25) is 0 Å². The summed E-state index contributed by atoms with van der Waals surface area (Å²) in [5.41, 5.74) is 0.731. The monoisotopic (exact) mass is 375 g/mol. The zero-order valence-corrected chi connectivity index (χ0v) is 15.4. The van der Waals surface area contributed by atoms with E-state index < -0.39 is 29.5 Å². The first kappa shape index (κ1) is 19.1. The number of furan rings is 1. The van der Waals surface area contributed by atoms with Crippen molar-refractivity contribution in [2.24, 2.45) is 5.92 Å². The molecule has 7 heteroatoms. The Kier molecular flexibility index (Phi) is 5.32. The van der Waals surface area contributed by atoms with E-state index >= 15 is 0 Å². The molecule has 27 heavy (non-hydrogen) atoms. The molecule has 0 spiro atoms. The Balaban J connectivity index is 1.77. The van der Waals surface area contributed by atoms with Crippen LogP contribution in [0.1, 0.15) is 35.7 Å². The molecular weight excluding hydrogens is 353 g/mol. The van der Waals surface area contributed by atoms with Crippen molar-refractivity contribution in [1.82, 2.24) is 4.90 Å². The third-order valence-corrected chi connectivity index (χ3v) is 4.48. The third-order valence-electron chi connectivity index (χ3n) is 4.48. The van der Waals surface area contributed by atoms with Gasteiger partial charge in [-0.25, -0.2) is 4.39 Å². The molecule has 0 aliphatic carbocycles. The summed E-state index contributed by atoms with van der Waals surface area (Å²) in [5.74, 6) is -1.10. The molecule has 1 saturated heterocycles. The van der Waals surface area contributed by atoms with Crippen molar-refractivity contribution in [1.29, 1.82) is 0 Å². The molecule has 6 nitrogen and oxygen atoms in total. The Morgan fingerprint density at radius 3 is 2.74 bits per heavy atom. The van der Waals surface area contributed by atoms with Crippen LogP contribution in [0.15, 0.2) is 34.7 Å². The van der Waals surface area contributed by atoms with Gasteiger partial charge in [0.05, 0.1) is 12.0 Å². The minimum absolute atomic E-state index is 0.0885. The topological polar surface area (TPSA) is 80.0 Å². The first-order valence-corrected chi connectivity index (χ1v) is 8.77. The Morgan fingerprint density at radius 1 is 1.37 bits per heavy atom. The number of halogens is 1. The molecule has 1 fully saturated rings. The first-order valence-electron chi connectivity index (χ1n) is 8.77. The summed E-state index contributed by atoms with van der Waals surface area (Å²) in [6.45, 7) is 3.85. The van der Waals surface area contributed by atoms with Gasteiger partial charge in [0.15, 0.2) is 5.76 Å². The van der Waals surface area contributed by atoms with Crippen LogP contribution in [-0.2, 0) is 11.2 Å². The highest BCUT2D eigenvalue weighted by atomic mass is 19.1. The number of likely N-dealkylation sites (tertiary alicyclic amines) is 1. The van der Waals surface area contributed by atoms with Gasteiger partial charge in [0.2, 0.25) is 5.78 Å². The summed E-state index contributed by atoms with van der Waals surface area (Å²) < 4.78 is 24.8. The van der Waals surface area contributed by atoms with Crippen LogP contribution in [0.5, 0.6) is 5.75 Å². The lowest BCUT2D eigenvalue weighted by atomic mass is 9.99. The van der Waals surface area contributed by atoms with Crippen LogP contribution >= 0.6 is 0 Å². The number of amides is 1. The average molecular weight is 375 g/mol. The van der Waals surface area contributed by atoms with E-state index in [4.69, 9.17) is 9.15 Å². The third kappa shape index (κ3) is 4.03. The number of ketones is 1. The number of aliphatic hydroxyl groups excluding tert-OH is 1. The van der Waals surface area contributed by atoms with E-state index in [1.54, 1.807) is 12.1 Å². The van der Waals surface area contributed by atoms with Crippen molar-refractivity contribution in [3.8, 4) is 5.75 Å². The van der Waals surface area contributed by atoms with Crippen LogP contribution < -0.4 is 4.74 Å². The number of hydrogen-bond acceptors (Lipinski definition) is 5. The normalized spacial score (nSPS) is 19.8. The van der Waals surface area contributed by atoms with E-state index in [1.807, 2.05) is 13.8 Å². The molecule has 1 aromatic carbocycles. The molecule has 2 aromatic rings. The highest BCUT2D eigenvalue weighted by Gasteiger charge is 2.42. The Morgan fingerprint density at radius 2 is 2.11 bits per heavy atom. The molecule has 144 valence electrons. The summed E-state index contributed by atoms with van der Waals surface area (Å²) in [4.78, 5) is 25.6. The van der Waals surface area contributed by atoms with Crippen LogP contribution in [-0.4, -0.2) is 47.5 Å². The van der Waals surface area contributed by atoms with Crippen molar-refractivity contribution in [2.75, 3.05) is 13.6 Å². The van der Waals surface area contributed by atoms with Gasteiger partial charge >= 0.3 is 0 Å². The molecule has 1 aliphatic rings. The molecule has 3 rings (SSSR count). The molecule has 1 aromatic heterocycles. The molecular formula is C20H22FNO5. The summed E-state index contributed by atoms with van der Waals surface area (Å²) in [6, 6.07) is 7.46. The number of benzene rings is 1. The highest BCUT2D eigenvalue weighted by Crippen LogP contribution is 2.27. The second-order valence-corrected chi connectivity index (χ2v) is 7.00. The number of aliphatic hydroxyl groups is 1. The van der Waals surface area contributed by atoms with E-state index in [-0.39, 0.29) is 18.4 Å². The average Bonchev–Trinajstić information content (AvgIpc) is 3.17. The van der Waals surface area contributed by atoms with E-state index in [1.165, 1.54) is 30.1 Å². The molecule has 2 unspecified atom stereocenters. The number of hydrogen-bond donors (Lipinski definition) is 1. The maximum Gasteiger partial charge on any atom is 0.252 e. The van der Waals surface area contributed by atoms with Gasteiger partial charge in [-0.05, 0) is 32.0 Å². The number of carbonyl (C=O) groups is 2.